The van der Waals surface area contributed by atoms with Crippen LogP contribution in [0.5, 0.6) is 5.88 Å². The number of nitrogens with zero attached hydrogens (tertiary/aromatic N) is 3. The van der Waals surface area contributed by atoms with Crippen LogP contribution in [0.15, 0.2) is 12.4 Å². The Kier molecular flexibility index (Phi) is 3.27. The number of fused-ring (bicyclic) bond motifs is 1. The molecule has 0 saturated carbocycles. The molecule has 1 aliphatic heterocycles. The third-order valence-electron chi connectivity index (χ3n) is 3.27. The fourth-order valence-electron chi connectivity index (χ4n) is 2.29. The topological polar surface area (TPSA) is 86.0 Å². The molecule has 0 bridgehead atoms. The first-order valence-electron chi connectivity index (χ1n) is 6.52. The van der Waals surface area contributed by atoms with Crippen LogP contribution < -0.4 is 4.74 Å². The number of carboxylic acids is 1. The van der Waals surface area contributed by atoms with Gasteiger partial charge in [-0.15, -0.1) is 0 Å². The van der Waals surface area contributed by atoms with Gasteiger partial charge in [-0.1, -0.05) is 0 Å². The Bertz CT molecular complexity index is 646. The SMILES string of the molecule is CCOc1nc(C(=O)O)cn2cc(C3CCOC3)nc12. The van der Waals surface area contributed by atoms with Crippen LogP contribution in [0.25, 0.3) is 5.65 Å². The molecule has 1 fully saturated rings. The zero-order chi connectivity index (χ0) is 14.1. The summed E-state index contributed by atoms with van der Waals surface area (Å²) in [5.74, 6) is -0.595. The summed E-state index contributed by atoms with van der Waals surface area (Å²) in [7, 11) is 0. The maximum absolute atomic E-state index is 11.1. The van der Waals surface area contributed by atoms with Crippen LogP contribution in [-0.2, 0) is 4.74 Å². The van der Waals surface area contributed by atoms with E-state index in [1.807, 2.05) is 13.1 Å². The largest absolute Gasteiger partial charge is 0.476 e. The van der Waals surface area contributed by atoms with Gasteiger partial charge >= 0.3 is 5.97 Å². The van der Waals surface area contributed by atoms with E-state index >= 15 is 0 Å². The summed E-state index contributed by atoms with van der Waals surface area (Å²) >= 11 is 0. The van der Waals surface area contributed by atoms with Crippen molar-refractivity contribution < 1.29 is 19.4 Å². The molecule has 7 heteroatoms. The summed E-state index contributed by atoms with van der Waals surface area (Å²) in [5, 5.41) is 9.08. The fourth-order valence-corrected chi connectivity index (χ4v) is 2.29. The maximum Gasteiger partial charge on any atom is 0.356 e. The van der Waals surface area contributed by atoms with Crippen LogP contribution in [0.2, 0.25) is 0 Å². The summed E-state index contributed by atoms with van der Waals surface area (Å²) in [6, 6.07) is 0. The lowest BCUT2D eigenvalue weighted by Crippen LogP contribution is -2.06. The molecule has 2 aromatic heterocycles. The minimum atomic E-state index is -1.09. The first-order valence-corrected chi connectivity index (χ1v) is 6.52. The van der Waals surface area contributed by atoms with Gasteiger partial charge in [-0.2, -0.15) is 0 Å². The van der Waals surface area contributed by atoms with Crippen molar-refractivity contribution in [3.63, 3.8) is 0 Å². The molecule has 20 heavy (non-hydrogen) atoms. The monoisotopic (exact) mass is 277 g/mol. The zero-order valence-electron chi connectivity index (χ0n) is 11.1. The van der Waals surface area contributed by atoms with Crippen molar-refractivity contribution in [2.24, 2.45) is 0 Å². The normalized spacial score (nSPS) is 18.6. The molecule has 3 rings (SSSR count). The highest BCUT2D eigenvalue weighted by Crippen LogP contribution is 2.27. The molecule has 0 amide bonds. The molecular weight excluding hydrogens is 262 g/mol. The molecular formula is C13H15N3O4. The number of hydrogen-bond acceptors (Lipinski definition) is 5. The number of imidazole rings is 1. The lowest BCUT2D eigenvalue weighted by atomic mass is 10.1. The molecule has 2 aromatic rings. The van der Waals surface area contributed by atoms with Gasteiger partial charge < -0.3 is 14.6 Å². The average molecular weight is 277 g/mol. The fraction of sp³-hybridized carbons (Fsp3) is 0.462. The highest BCUT2D eigenvalue weighted by Gasteiger charge is 2.22. The van der Waals surface area contributed by atoms with E-state index in [2.05, 4.69) is 9.97 Å². The highest BCUT2D eigenvalue weighted by molar-refractivity contribution is 5.85. The molecule has 3 heterocycles. The van der Waals surface area contributed by atoms with Crippen molar-refractivity contribution in [2.75, 3.05) is 19.8 Å². The quantitative estimate of drug-likeness (QED) is 0.907. The van der Waals surface area contributed by atoms with E-state index in [0.29, 0.717) is 18.9 Å². The summed E-state index contributed by atoms with van der Waals surface area (Å²) < 4.78 is 12.4. The molecule has 0 aromatic carbocycles. The third-order valence-corrected chi connectivity index (χ3v) is 3.27. The number of carbonyl (C=O) groups is 1. The Morgan fingerprint density at radius 2 is 2.40 bits per heavy atom. The second-order valence-corrected chi connectivity index (χ2v) is 4.63. The molecule has 0 aliphatic carbocycles. The summed E-state index contributed by atoms with van der Waals surface area (Å²) in [6.07, 6.45) is 4.20. The molecule has 7 nitrogen and oxygen atoms in total. The second kappa shape index (κ2) is 5.09. The van der Waals surface area contributed by atoms with E-state index in [4.69, 9.17) is 14.6 Å². The van der Waals surface area contributed by atoms with Gasteiger partial charge in [0.05, 0.1) is 18.9 Å². The van der Waals surface area contributed by atoms with Gasteiger partial charge in [0.1, 0.15) is 0 Å². The van der Waals surface area contributed by atoms with Gasteiger partial charge in [0.25, 0.3) is 5.88 Å². The van der Waals surface area contributed by atoms with Crippen molar-refractivity contribution in [1.29, 1.82) is 0 Å². The summed E-state index contributed by atoms with van der Waals surface area (Å²) in [4.78, 5) is 19.6. The predicted molar refractivity (Wildman–Crippen MR) is 69.3 cm³/mol. The van der Waals surface area contributed by atoms with Crippen LogP contribution in [0, 0.1) is 0 Å². The average Bonchev–Trinajstić information content (AvgIpc) is 3.07. The van der Waals surface area contributed by atoms with E-state index in [1.165, 1.54) is 6.20 Å². The van der Waals surface area contributed by atoms with Gasteiger partial charge in [-0.3, -0.25) is 4.40 Å². The van der Waals surface area contributed by atoms with Crippen LogP contribution in [-0.4, -0.2) is 45.3 Å². The number of aromatic carboxylic acids is 1. The predicted octanol–water partition coefficient (Wildman–Crippen LogP) is 1.33. The molecule has 0 spiro atoms. The van der Waals surface area contributed by atoms with E-state index in [0.717, 1.165) is 18.7 Å². The van der Waals surface area contributed by atoms with E-state index in [-0.39, 0.29) is 17.5 Å². The van der Waals surface area contributed by atoms with Crippen molar-refractivity contribution in [2.45, 2.75) is 19.3 Å². The molecule has 1 N–H and O–H groups in total. The minimum absolute atomic E-state index is 0.0624. The Hall–Kier alpha value is -2.15. The Labute approximate surface area is 115 Å². The molecule has 0 radical (unpaired) electrons. The molecule has 1 aliphatic rings. The minimum Gasteiger partial charge on any atom is -0.476 e. The lowest BCUT2D eigenvalue weighted by molar-refractivity contribution is 0.0688. The van der Waals surface area contributed by atoms with Crippen molar-refractivity contribution in [1.82, 2.24) is 14.4 Å². The van der Waals surface area contributed by atoms with Crippen LogP contribution >= 0.6 is 0 Å². The number of rotatable bonds is 4. The number of aromatic nitrogens is 3. The van der Waals surface area contributed by atoms with E-state index in [1.54, 1.807) is 4.40 Å². The molecule has 1 atom stereocenters. The first kappa shape index (κ1) is 12.9. The number of hydrogen-bond donors (Lipinski definition) is 1. The number of ether oxygens (including phenoxy) is 2. The summed E-state index contributed by atoms with van der Waals surface area (Å²) in [6.45, 7) is 3.60. The third kappa shape index (κ3) is 2.20. The lowest BCUT2D eigenvalue weighted by Gasteiger charge is -2.04. The van der Waals surface area contributed by atoms with Gasteiger partial charge in [0.2, 0.25) is 5.65 Å². The van der Waals surface area contributed by atoms with Crippen molar-refractivity contribution in [3.8, 4) is 5.88 Å². The first-order chi connectivity index (χ1) is 9.69. The Morgan fingerprint density at radius 1 is 1.55 bits per heavy atom. The summed E-state index contributed by atoms with van der Waals surface area (Å²) in [5.41, 5.74) is 1.36. The second-order valence-electron chi connectivity index (χ2n) is 4.63. The molecule has 1 unspecified atom stereocenters. The highest BCUT2D eigenvalue weighted by atomic mass is 16.5. The van der Waals surface area contributed by atoms with E-state index in [9.17, 15) is 4.79 Å². The van der Waals surface area contributed by atoms with Gasteiger partial charge in [-0.05, 0) is 13.3 Å². The zero-order valence-corrected chi connectivity index (χ0v) is 11.1. The van der Waals surface area contributed by atoms with Crippen LogP contribution in [0.4, 0.5) is 0 Å². The van der Waals surface area contributed by atoms with Crippen LogP contribution in [0.3, 0.4) is 0 Å². The van der Waals surface area contributed by atoms with Crippen LogP contribution in [0.1, 0.15) is 35.4 Å². The Morgan fingerprint density at radius 3 is 3.05 bits per heavy atom. The van der Waals surface area contributed by atoms with Gasteiger partial charge in [0.15, 0.2) is 5.69 Å². The van der Waals surface area contributed by atoms with E-state index < -0.39 is 5.97 Å². The Balaban J connectivity index is 2.10. The molecule has 106 valence electrons. The van der Waals surface area contributed by atoms with Gasteiger partial charge in [-0.25, -0.2) is 14.8 Å². The molecule has 1 saturated heterocycles. The standard InChI is InChI=1S/C13H15N3O4/c1-2-20-12-11-14-9(8-3-4-19-7-8)5-16(11)6-10(15-12)13(17)18/h5-6,8H,2-4,7H2,1H3,(H,17,18). The number of carboxylic acid groups (broad SMARTS) is 1. The van der Waals surface area contributed by atoms with Crippen molar-refractivity contribution in [3.05, 3.63) is 23.8 Å². The van der Waals surface area contributed by atoms with Gasteiger partial charge in [0, 0.05) is 24.9 Å². The smallest absolute Gasteiger partial charge is 0.356 e. The maximum atomic E-state index is 11.1. The van der Waals surface area contributed by atoms with Crippen molar-refractivity contribution >= 4 is 11.6 Å².